The number of benzene rings is 1. The first-order chi connectivity index (χ1) is 9.15. The van der Waals surface area contributed by atoms with E-state index in [9.17, 15) is 0 Å². The fourth-order valence-corrected chi connectivity index (χ4v) is 2.03. The van der Waals surface area contributed by atoms with Crippen LogP contribution in [0, 0.1) is 13.8 Å². The average molecular weight is 258 g/mol. The Morgan fingerprint density at radius 3 is 2.84 bits per heavy atom. The van der Waals surface area contributed by atoms with Gasteiger partial charge in [-0.15, -0.1) is 0 Å². The second-order valence-electron chi connectivity index (χ2n) is 4.23. The summed E-state index contributed by atoms with van der Waals surface area (Å²) in [6, 6.07) is 5.79. The minimum Gasteiger partial charge on any atom is -0.496 e. The van der Waals surface area contributed by atoms with Crippen molar-refractivity contribution in [1.29, 1.82) is 0 Å². The van der Waals surface area contributed by atoms with Gasteiger partial charge < -0.3 is 9.26 Å². The number of methoxy groups -OCH3 is 1. The predicted molar refractivity (Wildman–Crippen MR) is 70.8 cm³/mol. The summed E-state index contributed by atoms with van der Waals surface area (Å²) >= 11 is 0. The number of ether oxygens (including phenoxy) is 1. The van der Waals surface area contributed by atoms with Crippen molar-refractivity contribution in [2.75, 3.05) is 7.11 Å². The zero-order valence-corrected chi connectivity index (χ0v) is 11.0. The molecule has 6 nitrogen and oxygen atoms in total. The van der Waals surface area contributed by atoms with E-state index in [2.05, 4.69) is 15.2 Å². The van der Waals surface area contributed by atoms with E-state index in [-0.39, 0.29) is 6.54 Å². The van der Waals surface area contributed by atoms with Crippen LogP contribution >= 0.6 is 0 Å². The highest BCUT2D eigenvalue weighted by Gasteiger charge is 2.13. The topological polar surface area (TPSA) is 84.0 Å². The molecule has 98 valence electrons. The number of aryl methyl sites for hydroxylation is 2. The van der Waals surface area contributed by atoms with Gasteiger partial charge in [0, 0.05) is 16.5 Å². The Morgan fingerprint density at radius 2 is 2.16 bits per heavy atom. The summed E-state index contributed by atoms with van der Waals surface area (Å²) in [5, 5.41) is 7.43. The molecule has 1 heterocycles. The zero-order chi connectivity index (χ0) is 13.8. The Hall–Kier alpha value is -2.46. The quantitative estimate of drug-likeness (QED) is 0.475. The molecule has 2 rings (SSSR count). The second kappa shape index (κ2) is 5.46. The highest BCUT2D eigenvalue weighted by atomic mass is 16.5. The number of nitrogens with zero attached hydrogens (tertiary/aromatic N) is 4. The van der Waals surface area contributed by atoms with Crippen LogP contribution in [0.5, 0.6) is 5.75 Å². The lowest BCUT2D eigenvalue weighted by molar-refractivity contribution is 0.385. The third kappa shape index (κ3) is 2.69. The molecule has 0 N–H and O–H groups in total. The summed E-state index contributed by atoms with van der Waals surface area (Å²) in [6.07, 6.45) is 0. The number of hydrogen-bond acceptors (Lipinski definition) is 4. The molecule has 2 aromatic rings. The van der Waals surface area contributed by atoms with Crippen molar-refractivity contribution >= 4 is 0 Å². The fraction of sp³-hybridized carbons (Fsp3) is 0.308. The van der Waals surface area contributed by atoms with Gasteiger partial charge >= 0.3 is 0 Å². The molecular weight excluding hydrogens is 244 g/mol. The first-order valence-electron chi connectivity index (χ1n) is 5.77. The van der Waals surface area contributed by atoms with Crippen LogP contribution in [0.2, 0.25) is 0 Å². The van der Waals surface area contributed by atoms with E-state index in [1.54, 1.807) is 13.2 Å². The number of rotatable bonds is 4. The van der Waals surface area contributed by atoms with Crippen LogP contribution in [-0.2, 0) is 6.54 Å². The lowest BCUT2D eigenvalue weighted by Crippen LogP contribution is -1.92. The molecule has 0 aliphatic carbocycles. The standard InChI is InChI=1S/C13H14N4O2/c1-8-4-9(2)13(18-3)11(5-8)12-6-10(19-16-12)7-15-17-14/h4-6H,7H2,1-3H3. The molecule has 0 amide bonds. The van der Waals surface area contributed by atoms with Gasteiger partial charge in [-0.2, -0.15) is 0 Å². The average Bonchev–Trinajstić information content (AvgIpc) is 2.84. The van der Waals surface area contributed by atoms with Gasteiger partial charge in [0.2, 0.25) is 0 Å². The summed E-state index contributed by atoms with van der Waals surface area (Å²) in [4.78, 5) is 2.69. The molecule has 0 saturated carbocycles. The minimum atomic E-state index is 0.149. The Kier molecular flexibility index (Phi) is 3.73. The maximum absolute atomic E-state index is 8.28. The van der Waals surface area contributed by atoms with Gasteiger partial charge in [-0.05, 0) is 36.6 Å². The first-order valence-corrected chi connectivity index (χ1v) is 5.77. The molecule has 1 aromatic carbocycles. The van der Waals surface area contributed by atoms with Gasteiger partial charge in [0.1, 0.15) is 17.2 Å². The van der Waals surface area contributed by atoms with Crippen molar-refractivity contribution in [2.45, 2.75) is 20.4 Å². The fourth-order valence-electron chi connectivity index (χ4n) is 2.03. The zero-order valence-electron chi connectivity index (χ0n) is 11.0. The largest absolute Gasteiger partial charge is 0.496 e. The smallest absolute Gasteiger partial charge is 0.143 e. The number of aromatic nitrogens is 1. The van der Waals surface area contributed by atoms with E-state index in [4.69, 9.17) is 14.8 Å². The molecule has 0 fully saturated rings. The van der Waals surface area contributed by atoms with E-state index < -0.39 is 0 Å². The molecule has 0 spiro atoms. The Labute approximate surface area is 110 Å². The van der Waals surface area contributed by atoms with E-state index in [1.165, 1.54) is 0 Å². The van der Waals surface area contributed by atoms with Crippen LogP contribution in [0.1, 0.15) is 16.9 Å². The molecule has 0 atom stereocenters. The molecule has 1 aromatic heterocycles. The van der Waals surface area contributed by atoms with Crippen LogP contribution in [0.3, 0.4) is 0 Å². The molecule has 0 aliphatic heterocycles. The van der Waals surface area contributed by atoms with Crippen molar-refractivity contribution in [1.82, 2.24) is 5.16 Å². The summed E-state index contributed by atoms with van der Waals surface area (Å²) in [5.74, 6) is 1.29. The molecule has 0 aliphatic rings. The van der Waals surface area contributed by atoms with Crippen molar-refractivity contribution in [3.05, 3.63) is 45.5 Å². The van der Waals surface area contributed by atoms with Crippen LogP contribution in [0.4, 0.5) is 0 Å². The number of hydrogen-bond donors (Lipinski definition) is 0. The SMILES string of the molecule is COc1c(C)cc(C)cc1-c1cc(CN=[N+]=[N-])on1. The van der Waals surface area contributed by atoms with Gasteiger partial charge in [-0.1, -0.05) is 16.3 Å². The van der Waals surface area contributed by atoms with E-state index in [0.29, 0.717) is 11.5 Å². The molecule has 0 unspecified atom stereocenters. The van der Waals surface area contributed by atoms with Gasteiger partial charge in [-0.3, -0.25) is 0 Å². The first kappa shape index (κ1) is 13.0. The summed E-state index contributed by atoms with van der Waals surface area (Å²) in [7, 11) is 1.63. The van der Waals surface area contributed by atoms with Crippen molar-refractivity contribution in [2.24, 2.45) is 5.11 Å². The van der Waals surface area contributed by atoms with Crippen LogP contribution < -0.4 is 4.74 Å². The molecule has 6 heteroatoms. The van der Waals surface area contributed by atoms with Crippen LogP contribution in [-0.4, -0.2) is 12.3 Å². The third-order valence-electron chi connectivity index (χ3n) is 2.75. The van der Waals surface area contributed by atoms with Gasteiger partial charge in [0.25, 0.3) is 0 Å². The maximum Gasteiger partial charge on any atom is 0.143 e. The Bertz CT molecular complexity index is 642. The highest BCUT2D eigenvalue weighted by Crippen LogP contribution is 2.33. The van der Waals surface area contributed by atoms with E-state index >= 15 is 0 Å². The highest BCUT2D eigenvalue weighted by molar-refractivity contribution is 5.70. The van der Waals surface area contributed by atoms with E-state index in [0.717, 1.165) is 22.4 Å². The summed E-state index contributed by atoms with van der Waals surface area (Å²) in [5.41, 5.74) is 12.0. The second-order valence-corrected chi connectivity index (χ2v) is 4.23. The van der Waals surface area contributed by atoms with Crippen molar-refractivity contribution in [3.8, 4) is 17.0 Å². The monoisotopic (exact) mass is 258 g/mol. The lowest BCUT2D eigenvalue weighted by atomic mass is 10.0. The van der Waals surface area contributed by atoms with Gasteiger partial charge in [-0.25, -0.2) is 0 Å². The van der Waals surface area contributed by atoms with Gasteiger partial charge in [0.15, 0.2) is 0 Å². The van der Waals surface area contributed by atoms with Gasteiger partial charge in [0.05, 0.1) is 13.7 Å². The summed E-state index contributed by atoms with van der Waals surface area (Å²) in [6.45, 7) is 4.14. The van der Waals surface area contributed by atoms with Crippen molar-refractivity contribution in [3.63, 3.8) is 0 Å². The molecule has 0 bridgehead atoms. The molecule has 0 radical (unpaired) electrons. The maximum atomic E-state index is 8.28. The van der Waals surface area contributed by atoms with Crippen LogP contribution in [0.15, 0.2) is 27.8 Å². The lowest BCUT2D eigenvalue weighted by Gasteiger charge is -2.10. The summed E-state index contributed by atoms with van der Waals surface area (Å²) < 4.78 is 10.5. The molecular formula is C13H14N4O2. The third-order valence-corrected chi connectivity index (χ3v) is 2.75. The minimum absolute atomic E-state index is 0.149. The normalized spacial score (nSPS) is 10.1. The van der Waals surface area contributed by atoms with Crippen LogP contribution in [0.25, 0.3) is 21.7 Å². The molecule has 0 saturated heterocycles. The van der Waals surface area contributed by atoms with E-state index in [1.807, 2.05) is 26.0 Å². The van der Waals surface area contributed by atoms with Crippen molar-refractivity contribution < 1.29 is 9.26 Å². The number of azide groups is 1. The Morgan fingerprint density at radius 1 is 1.37 bits per heavy atom. The molecule has 19 heavy (non-hydrogen) atoms. The predicted octanol–water partition coefficient (Wildman–Crippen LogP) is 3.78. The Balaban J connectivity index is 2.46.